The van der Waals surface area contributed by atoms with Crippen LogP contribution in [0.5, 0.6) is 0 Å². The summed E-state index contributed by atoms with van der Waals surface area (Å²) in [5.74, 6) is -1.41. The third-order valence-corrected chi connectivity index (χ3v) is 3.42. The number of ether oxygens (including phenoxy) is 1. The number of hydrogen-bond acceptors (Lipinski definition) is 4. The van der Waals surface area contributed by atoms with Gasteiger partial charge < -0.3 is 4.74 Å². The molecule has 0 aliphatic carbocycles. The Balaban J connectivity index is 2.18. The van der Waals surface area contributed by atoms with E-state index in [1.165, 1.54) is 0 Å². The summed E-state index contributed by atoms with van der Waals surface area (Å²) in [6, 6.07) is 18.9. The molecule has 4 heteroatoms. The molecule has 0 radical (unpaired) electrons. The van der Waals surface area contributed by atoms with Crippen LogP contribution in [0.3, 0.4) is 0 Å². The van der Waals surface area contributed by atoms with Gasteiger partial charge in [-0.1, -0.05) is 60.7 Å². The average molecular weight is 283 g/mol. The molecule has 1 atom stereocenters. The molecular formula is C17H17NO3. The van der Waals surface area contributed by atoms with Crippen molar-refractivity contribution in [2.45, 2.75) is 25.4 Å². The summed E-state index contributed by atoms with van der Waals surface area (Å²) in [4.78, 5) is 9.44. The van der Waals surface area contributed by atoms with Gasteiger partial charge in [-0.25, -0.2) is 10.2 Å². The minimum atomic E-state index is -1.41. The molecule has 1 heterocycles. The lowest BCUT2D eigenvalue weighted by Crippen LogP contribution is -2.40. The van der Waals surface area contributed by atoms with Crippen LogP contribution in [0.15, 0.2) is 65.7 Å². The Kier molecular flexibility index (Phi) is 3.37. The monoisotopic (exact) mass is 283 g/mol. The zero-order chi connectivity index (χ0) is 14.9. The van der Waals surface area contributed by atoms with Gasteiger partial charge in [-0.05, 0) is 13.8 Å². The van der Waals surface area contributed by atoms with Crippen molar-refractivity contribution in [3.05, 3.63) is 71.8 Å². The third kappa shape index (κ3) is 2.38. The first-order chi connectivity index (χ1) is 10.1. The molecule has 108 valence electrons. The van der Waals surface area contributed by atoms with Gasteiger partial charge in [0.05, 0.1) is 0 Å². The van der Waals surface area contributed by atoms with Gasteiger partial charge in [-0.15, -0.1) is 0 Å². The smallest absolute Gasteiger partial charge is 0.273 e. The van der Waals surface area contributed by atoms with E-state index in [1.807, 2.05) is 74.5 Å². The second-order valence-electron chi connectivity index (χ2n) is 5.45. The zero-order valence-corrected chi connectivity index (χ0v) is 12.0. The molecule has 2 aromatic carbocycles. The summed E-state index contributed by atoms with van der Waals surface area (Å²) < 4.78 is 5.96. The average Bonchev–Trinajstić information content (AvgIpc) is 2.81. The largest absolute Gasteiger partial charge is 0.311 e. The predicted molar refractivity (Wildman–Crippen MR) is 80.0 cm³/mol. The lowest BCUT2D eigenvalue weighted by Gasteiger charge is -2.29. The van der Waals surface area contributed by atoms with Crippen LogP contribution in [0.2, 0.25) is 0 Å². The Hall–Kier alpha value is -2.01. The van der Waals surface area contributed by atoms with Crippen LogP contribution in [-0.4, -0.2) is 16.7 Å². The molecule has 0 spiro atoms. The molecule has 0 saturated heterocycles. The molecule has 1 aliphatic heterocycles. The zero-order valence-electron chi connectivity index (χ0n) is 12.0. The van der Waals surface area contributed by atoms with Crippen LogP contribution in [0.1, 0.15) is 25.0 Å². The van der Waals surface area contributed by atoms with Gasteiger partial charge in [0.15, 0.2) is 5.72 Å². The normalized spacial score (nSPS) is 23.9. The minimum Gasteiger partial charge on any atom is -0.311 e. The summed E-state index contributed by atoms with van der Waals surface area (Å²) in [5, 5.41) is 9.63. The molecule has 0 saturated carbocycles. The first-order valence-electron chi connectivity index (χ1n) is 6.81. The van der Waals surface area contributed by atoms with E-state index in [0.29, 0.717) is 11.3 Å². The lowest BCUT2D eigenvalue weighted by molar-refractivity contribution is -0.392. The van der Waals surface area contributed by atoms with E-state index in [2.05, 4.69) is 4.99 Å². The van der Waals surface area contributed by atoms with E-state index in [1.54, 1.807) is 0 Å². The fraction of sp³-hybridized carbons (Fsp3) is 0.235. The maximum atomic E-state index is 9.63. The van der Waals surface area contributed by atoms with Crippen molar-refractivity contribution in [1.82, 2.24) is 0 Å². The van der Waals surface area contributed by atoms with E-state index in [4.69, 9.17) is 9.62 Å². The van der Waals surface area contributed by atoms with Crippen LogP contribution in [0, 0.1) is 0 Å². The van der Waals surface area contributed by atoms with Crippen molar-refractivity contribution < 1.29 is 14.9 Å². The molecular weight excluding hydrogens is 266 g/mol. The Morgan fingerprint density at radius 1 is 0.952 bits per heavy atom. The van der Waals surface area contributed by atoms with Crippen molar-refractivity contribution >= 4 is 5.71 Å². The SMILES string of the molecule is CC1(C)N=C(c2ccccc2)C(OO)(c2ccccc2)O1. The maximum absolute atomic E-state index is 9.63. The second kappa shape index (κ2) is 5.07. The molecule has 1 unspecified atom stereocenters. The summed E-state index contributed by atoms with van der Waals surface area (Å²) in [6.45, 7) is 3.67. The van der Waals surface area contributed by atoms with Crippen LogP contribution >= 0.6 is 0 Å². The van der Waals surface area contributed by atoms with Gasteiger partial charge in [0.1, 0.15) is 5.71 Å². The molecule has 3 rings (SSSR count). The summed E-state index contributed by atoms with van der Waals surface area (Å²) in [6.07, 6.45) is 0. The third-order valence-electron chi connectivity index (χ3n) is 3.42. The summed E-state index contributed by atoms with van der Waals surface area (Å²) in [5.41, 5.74) is 1.31. The van der Waals surface area contributed by atoms with Gasteiger partial charge in [-0.3, -0.25) is 0 Å². The first kappa shape index (κ1) is 13.9. The topological polar surface area (TPSA) is 51.0 Å². The van der Waals surface area contributed by atoms with E-state index in [0.717, 1.165) is 5.56 Å². The fourth-order valence-electron chi connectivity index (χ4n) is 2.58. The van der Waals surface area contributed by atoms with Crippen LogP contribution in [0.25, 0.3) is 0 Å². The molecule has 2 aromatic rings. The van der Waals surface area contributed by atoms with Crippen molar-refractivity contribution in [1.29, 1.82) is 0 Å². The van der Waals surface area contributed by atoms with Crippen molar-refractivity contribution in [2.24, 2.45) is 4.99 Å². The Morgan fingerprint density at radius 2 is 1.52 bits per heavy atom. The van der Waals surface area contributed by atoms with Crippen molar-refractivity contribution in [2.75, 3.05) is 0 Å². The van der Waals surface area contributed by atoms with Gasteiger partial charge >= 0.3 is 0 Å². The molecule has 0 bridgehead atoms. The molecule has 0 amide bonds. The molecule has 4 nitrogen and oxygen atoms in total. The Morgan fingerprint density at radius 3 is 2.10 bits per heavy atom. The first-order valence-corrected chi connectivity index (χ1v) is 6.81. The highest BCUT2D eigenvalue weighted by Gasteiger charge is 2.51. The second-order valence-corrected chi connectivity index (χ2v) is 5.45. The minimum absolute atomic E-state index is 0.557. The number of rotatable bonds is 3. The fourth-order valence-corrected chi connectivity index (χ4v) is 2.58. The summed E-state index contributed by atoms with van der Waals surface area (Å²) in [7, 11) is 0. The quantitative estimate of drug-likeness (QED) is 0.692. The van der Waals surface area contributed by atoms with E-state index in [-0.39, 0.29) is 0 Å². The van der Waals surface area contributed by atoms with Gasteiger partial charge in [0, 0.05) is 11.1 Å². The van der Waals surface area contributed by atoms with Gasteiger partial charge in [0.25, 0.3) is 5.79 Å². The van der Waals surface area contributed by atoms with E-state index in [9.17, 15) is 5.26 Å². The standard InChI is InChI=1S/C17H17NO3/c1-16(2)18-15(13-9-5-3-6-10-13)17(20-16,21-19)14-11-7-4-8-12-14/h3-12,19H,1-2H3. The van der Waals surface area contributed by atoms with E-state index < -0.39 is 11.5 Å². The highest BCUT2D eigenvalue weighted by molar-refractivity contribution is 6.07. The number of aliphatic imine (C=N–C) groups is 1. The van der Waals surface area contributed by atoms with Crippen LogP contribution < -0.4 is 0 Å². The van der Waals surface area contributed by atoms with Crippen molar-refractivity contribution in [3.63, 3.8) is 0 Å². The predicted octanol–water partition coefficient (Wildman–Crippen LogP) is 3.58. The van der Waals surface area contributed by atoms with Crippen LogP contribution in [-0.2, 0) is 15.4 Å². The molecule has 0 fully saturated rings. The highest BCUT2D eigenvalue weighted by atomic mass is 17.1. The van der Waals surface area contributed by atoms with Crippen LogP contribution in [0.4, 0.5) is 0 Å². The Labute approximate surface area is 123 Å². The summed E-state index contributed by atoms with van der Waals surface area (Å²) >= 11 is 0. The highest BCUT2D eigenvalue weighted by Crippen LogP contribution is 2.41. The number of benzene rings is 2. The Bertz CT molecular complexity index is 652. The van der Waals surface area contributed by atoms with Crippen molar-refractivity contribution in [3.8, 4) is 0 Å². The molecule has 1 aliphatic rings. The maximum Gasteiger partial charge on any atom is 0.273 e. The van der Waals surface area contributed by atoms with E-state index >= 15 is 0 Å². The molecule has 0 aromatic heterocycles. The molecule has 21 heavy (non-hydrogen) atoms. The lowest BCUT2D eigenvalue weighted by atomic mass is 9.95. The van der Waals surface area contributed by atoms with Gasteiger partial charge in [0.2, 0.25) is 0 Å². The number of nitrogens with zero attached hydrogens (tertiary/aromatic N) is 1. The molecule has 1 N–H and O–H groups in total. The number of hydrogen-bond donors (Lipinski definition) is 1. The van der Waals surface area contributed by atoms with Gasteiger partial charge in [-0.2, -0.15) is 4.89 Å².